The van der Waals surface area contributed by atoms with Crippen LogP contribution in [0.15, 0.2) is 4.52 Å². The van der Waals surface area contributed by atoms with E-state index in [0.717, 1.165) is 44.3 Å². The molecule has 0 radical (unpaired) electrons. The maximum Gasteiger partial charge on any atom is 0.232 e. The maximum atomic E-state index is 10.1. The van der Waals surface area contributed by atoms with Crippen molar-refractivity contribution >= 4 is 0 Å². The summed E-state index contributed by atoms with van der Waals surface area (Å²) in [6.45, 7) is 2.17. The van der Waals surface area contributed by atoms with Gasteiger partial charge in [-0.15, -0.1) is 0 Å². The third-order valence-electron chi connectivity index (χ3n) is 4.28. The van der Waals surface area contributed by atoms with Gasteiger partial charge in [-0.1, -0.05) is 31.3 Å². The Balaban J connectivity index is 1.80. The van der Waals surface area contributed by atoms with E-state index in [1.54, 1.807) is 0 Å². The predicted molar refractivity (Wildman–Crippen MR) is 62.7 cm³/mol. The highest BCUT2D eigenvalue weighted by molar-refractivity contribution is 5.15. The minimum atomic E-state index is -0.308. The van der Waals surface area contributed by atoms with Crippen molar-refractivity contribution in [2.45, 2.75) is 69.3 Å². The second kappa shape index (κ2) is 4.09. The van der Waals surface area contributed by atoms with Crippen molar-refractivity contribution in [2.24, 2.45) is 0 Å². The van der Waals surface area contributed by atoms with Crippen LogP contribution in [0.25, 0.3) is 0 Å². The number of rotatable bonds is 2. The van der Waals surface area contributed by atoms with Crippen LogP contribution in [0.2, 0.25) is 0 Å². The fraction of sp³-hybridized carbons (Fsp3) is 0.846. The molecule has 4 heteroatoms. The molecular weight excluding hydrogens is 216 g/mol. The van der Waals surface area contributed by atoms with Crippen molar-refractivity contribution in [1.29, 1.82) is 0 Å². The summed E-state index contributed by atoms with van der Waals surface area (Å²) in [5.41, 5.74) is 0.150. The minimum Gasteiger partial charge on any atom is -0.392 e. The van der Waals surface area contributed by atoms with Gasteiger partial charge < -0.3 is 9.63 Å². The third kappa shape index (κ3) is 2.10. The van der Waals surface area contributed by atoms with Crippen LogP contribution in [0, 0.1) is 0 Å². The zero-order valence-corrected chi connectivity index (χ0v) is 10.4. The Bertz CT molecular complexity index is 398. The van der Waals surface area contributed by atoms with Gasteiger partial charge in [0.1, 0.15) is 0 Å². The highest BCUT2D eigenvalue weighted by Gasteiger charge is 2.44. The number of hydrogen-bond donors (Lipinski definition) is 1. The Morgan fingerprint density at radius 2 is 2.00 bits per heavy atom. The lowest BCUT2D eigenvalue weighted by Crippen LogP contribution is -2.17. The van der Waals surface area contributed by atoms with E-state index in [-0.39, 0.29) is 17.4 Å². The molecule has 0 saturated heterocycles. The fourth-order valence-corrected chi connectivity index (χ4v) is 2.62. The van der Waals surface area contributed by atoms with Crippen LogP contribution in [-0.4, -0.2) is 21.4 Å². The van der Waals surface area contributed by atoms with Gasteiger partial charge in [0.25, 0.3) is 0 Å². The summed E-state index contributed by atoms with van der Waals surface area (Å²) in [5.74, 6) is 1.55. The first-order chi connectivity index (χ1) is 8.19. The van der Waals surface area contributed by atoms with Crippen LogP contribution >= 0.6 is 0 Å². The van der Waals surface area contributed by atoms with E-state index in [2.05, 4.69) is 17.1 Å². The molecule has 0 aliphatic heterocycles. The molecule has 0 bridgehead atoms. The number of hydrogen-bond acceptors (Lipinski definition) is 4. The first-order valence-corrected chi connectivity index (χ1v) is 6.71. The molecule has 1 aromatic heterocycles. The van der Waals surface area contributed by atoms with Gasteiger partial charge >= 0.3 is 0 Å². The van der Waals surface area contributed by atoms with E-state index < -0.39 is 0 Å². The molecule has 17 heavy (non-hydrogen) atoms. The molecule has 2 aliphatic carbocycles. The van der Waals surface area contributed by atoms with Crippen LogP contribution in [0.5, 0.6) is 0 Å². The highest BCUT2D eigenvalue weighted by atomic mass is 16.5. The number of nitrogens with zero attached hydrogens (tertiary/aromatic N) is 2. The summed E-state index contributed by atoms with van der Waals surface area (Å²) in [5, 5.41) is 14.2. The van der Waals surface area contributed by atoms with Crippen molar-refractivity contribution < 1.29 is 9.63 Å². The molecule has 94 valence electrons. The smallest absolute Gasteiger partial charge is 0.232 e. The SMILES string of the molecule is CC1(c2noc(C3CCCCCC3O)n2)CC1. The average Bonchev–Trinajstić information content (AvgIpc) is 2.93. The standard InChI is InChI=1S/C13H20N2O2/c1-13(7-8-13)12-14-11(17-15-12)9-5-3-2-4-6-10(9)16/h9-10,16H,2-8H2,1H3. The van der Waals surface area contributed by atoms with Crippen LogP contribution in [0.3, 0.4) is 0 Å². The van der Waals surface area contributed by atoms with Gasteiger partial charge in [0.05, 0.1) is 12.0 Å². The van der Waals surface area contributed by atoms with Crippen LogP contribution in [0.1, 0.15) is 69.5 Å². The summed E-state index contributed by atoms with van der Waals surface area (Å²) < 4.78 is 5.38. The first-order valence-electron chi connectivity index (χ1n) is 6.71. The van der Waals surface area contributed by atoms with Gasteiger partial charge in [0.15, 0.2) is 5.82 Å². The monoisotopic (exact) mass is 236 g/mol. The third-order valence-corrected chi connectivity index (χ3v) is 4.28. The summed E-state index contributed by atoms with van der Waals surface area (Å²) in [6.07, 6.45) is 7.29. The summed E-state index contributed by atoms with van der Waals surface area (Å²) in [6, 6.07) is 0. The number of aromatic nitrogens is 2. The molecule has 0 spiro atoms. The highest BCUT2D eigenvalue weighted by Crippen LogP contribution is 2.46. The van der Waals surface area contributed by atoms with Crippen molar-refractivity contribution in [3.63, 3.8) is 0 Å². The van der Waals surface area contributed by atoms with E-state index in [0.29, 0.717) is 5.89 Å². The Morgan fingerprint density at radius 3 is 2.76 bits per heavy atom. The molecule has 1 N–H and O–H groups in total. The molecule has 2 unspecified atom stereocenters. The van der Waals surface area contributed by atoms with Crippen molar-refractivity contribution in [3.8, 4) is 0 Å². The normalized spacial score (nSPS) is 32.1. The first kappa shape index (κ1) is 11.2. The van der Waals surface area contributed by atoms with E-state index in [4.69, 9.17) is 4.52 Å². The Kier molecular flexibility index (Phi) is 2.69. The van der Waals surface area contributed by atoms with Gasteiger partial charge in [0, 0.05) is 5.41 Å². The molecule has 3 rings (SSSR count). The Morgan fingerprint density at radius 1 is 1.24 bits per heavy atom. The molecule has 1 aromatic rings. The van der Waals surface area contributed by atoms with Crippen molar-refractivity contribution in [2.75, 3.05) is 0 Å². The Labute approximate surface area is 101 Å². The molecule has 2 saturated carbocycles. The second-order valence-corrected chi connectivity index (χ2v) is 5.83. The molecule has 4 nitrogen and oxygen atoms in total. The molecular formula is C13H20N2O2. The maximum absolute atomic E-state index is 10.1. The predicted octanol–water partition coefficient (Wildman–Crippen LogP) is 2.53. The summed E-state index contributed by atoms with van der Waals surface area (Å²) in [4.78, 5) is 4.52. The largest absolute Gasteiger partial charge is 0.392 e. The van der Waals surface area contributed by atoms with Gasteiger partial charge in [-0.25, -0.2) is 0 Å². The topological polar surface area (TPSA) is 59.2 Å². The van der Waals surface area contributed by atoms with Gasteiger partial charge in [-0.2, -0.15) is 4.98 Å². The van der Waals surface area contributed by atoms with Crippen molar-refractivity contribution in [1.82, 2.24) is 10.1 Å². The quantitative estimate of drug-likeness (QED) is 0.802. The molecule has 2 atom stereocenters. The molecule has 1 heterocycles. The van der Waals surface area contributed by atoms with Crippen LogP contribution in [0.4, 0.5) is 0 Å². The lowest BCUT2D eigenvalue weighted by molar-refractivity contribution is 0.119. The summed E-state index contributed by atoms with van der Waals surface area (Å²) >= 11 is 0. The minimum absolute atomic E-state index is 0.0566. The second-order valence-electron chi connectivity index (χ2n) is 5.83. The Hall–Kier alpha value is -0.900. The van der Waals surface area contributed by atoms with Gasteiger partial charge in [0.2, 0.25) is 5.89 Å². The lowest BCUT2D eigenvalue weighted by atomic mass is 9.97. The van der Waals surface area contributed by atoms with E-state index in [9.17, 15) is 5.11 Å². The molecule has 0 amide bonds. The zero-order chi connectivity index (χ0) is 11.9. The van der Waals surface area contributed by atoms with Gasteiger partial charge in [-0.3, -0.25) is 0 Å². The summed E-state index contributed by atoms with van der Waals surface area (Å²) in [7, 11) is 0. The van der Waals surface area contributed by atoms with Crippen LogP contribution in [-0.2, 0) is 5.41 Å². The molecule has 2 aliphatic rings. The van der Waals surface area contributed by atoms with Crippen LogP contribution < -0.4 is 0 Å². The average molecular weight is 236 g/mol. The number of aliphatic hydroxyl groups excluding tert-OH is 1. The fourth-order valence-electron chi connectivity index (χ4n) is 2.62. The van der Waals surface area contributed by atoms with Gasteiger partial charge in [-0.05, 0) is 25.7 Å². The van der Waals surface area contributed by atoms with E-state index in [1.807, 2.05) is 0 Å². The lowest BCUT2D eigenvalue weighted by Gasteiger charge is -2.15. The van der Waals surface area contributed by atoms with E-state index in [1.165, 1.54) is 6.42 Å². The van der Waals surface area contributed by atoms with E-state index >= 15 is 0 Å². The van der Waals surface area contributed by atoms with Crippen molar-refractivity contribution in [3.05, 3.63) is 11.7 Å². The number of aliphatic hydroxyl groups is 1. The zero-order valence-electron chi connectivity index (χ0n) is 10.4. The molecule has 0 aromatic carbocycles. The molecule has 2 fully saturated rings.